The highest BCUT2D eigenvalue weighted by atomic mass is 16.2. The van der Waals surface area contributed by atoms with Crippen LogP contribution in [0.2, 0.25) is 0 Å². The lowest BCUT2D eigenvalue weighted by Gasteiger charge is -2.31. The van der Waals surface area contributed by atoms with Gasteiger partial charge in [-0.15, -0.1) is 0 Å². The number of nitrogens with one attached hydrogen (secondary N) is 2. The molecule has 0 bridgehead atoms. The third-order valence-corrected chi connectivity index (χ3v) is 5.22. The zero-order valence-corrected chi connectivity index (χ0v) is 17.3. The second-order valence-electron chi connectivity index (χ2n) is 7.62. The molecule has 3 amide bonds. The molecule has 28 heavy (non-hydrogen) atoms. The molecule has 0 saturated heterocycles. The minimum Gasteiger partial charge on any atom is -0.342 e. The Kier molecular flexibility index (Phi) is 8.48. The van der Waals surface area contributed by atoms with Crippen LogP contribution in [-0.2, 0) is 14.4 Å². The van der Waals surface area contributed by atoms with Gasteiger partial charge in [-0.05, 0) is 62.8 Å². The average Bonchev–Trinajstić information content (AvgIpc) is 2.68. The topological polar surface area (TPSA) is 78.5 Å². The summed E-state index contributed by atoms with van der Waals surface area (Å²) in [6, 6.07) is 7.10. The van der Waals surface area contributed by atoms with Crippen molar-refractivity contribution < 1.29 is 14.4 Å². The van der Waals surface area contributed by atoms with Crippen molar-refractivity contribution >= 4 is 29.1 Å². The molecule has 0 aliphatic heterocycles. The molecule has 2 N–H and O–H groups in total. The Balaban J connectivity index is 1.84. The van der Waals surface area contributed by atoms with Crippen molar-refractivity contribution in [1.29, 1.82) is 0 Å². The maximum atomic E-state index is 12.7. The highest BCUT2D eigenvalue weighted by molar-refractivity contribution is 5.93. The molecule has 2 rings (SSSR count). The van der Waals surface area contributed by atoms with Crippen molar-refractivity contribution in [3.8, 4) is 0 Å². The number of carbonyl (C=O) groups excluding carboxylic acids is 3. The molecule has 0 unspecified atom stereocenters. The molecular formula is C22H33N3O3. The number of hydrogen-bond donors (Lipinski definition) is 2. The normalized spacial score (nSPS) is 19.0. The van der Waals surface area contributed by atoms with Gasteiger partial charge in [0.15, 0.2) is 0 Å². The molecule has 1 fully saturated rings. The first kappa shape index (κ1) is 21.9. The van der Waals surface area contributed by atoms with E-state index in [0.717, 1.165) is 57.3 Å². The molecule has 1 aromatic carbocycles. The van der Waals surface area contributed by atoms with E-state index in [2.05, 4.69) is 24.5 Å². The van der Waals surface area contributed by atoms with E-state index in [1.807, 2.05) is 4.90 Å². The van der Waals surface area contributed by atoms with Gasteiger partial charge in [0.05, 0.1) is 0 Å². The smallest absolute Gasteiger partial charge is 0.227 e. The summed E-state index contributed by atoms with van der Waals surface area (Å²) >= 11 is 0. The second-order valence-corrected chi connectivity index (χ2v) is 7.62. The first-order chi connectivity index (χ1) is 13.4. The molecule has 0 atom stereocenters. The lowest BCUT2D eigenvalue weighted by atomic mass is 9.80. The van der Waals surface area contributed by atoms with Gasteiger partial charge < -0.3 is 15.5 Å². The van der Waals surface area contributed by atoms with Crippen LogP contribution in [0.1, 0.15) is 59.3 Å². The number of nitrogens with zero attached hydrogens (tertiary/aromatic N) is 1. The standard InChI is InChI=1S/C22H33N3O3/c1-4-14-25(15-5-2)22(28)18-8-6-17(7-9-18)21(27)24-20-12-10-19(11-13-20)23-16(3)26/h10-13,17-18H,4-9,14-15H2,1-3H3,(H,23,26)(H,24,27). The lowest BCUT2D eigenvalue weighted by Crippen LogP contribution is -2.39. The number of hydrogen-bond acceptors (Lipinski definition) is 3. The number of carbonyl (C=O) groups is 3. The Labute approximate surface area is 168 Å². The molecule has 1 aliphatic rings. The summed E-state index contributed by atoms with van der Waals surface area (Å²) in [4.78, 5) is 38.4. The van der Waals surface area contributed by atoms with Crippen LogP contribution >= 0.6 is 0 Å². The maximum Gasteiger partial charge on any atom is 0.227 e. The van der Waals surface area contributed by atoms with E-state index in [9.17, 15) is 14.4 Å². The van der Waals surface area contributed by atoms with E-state index in [0.29, 0.717) is 5.69 Å². The van der Waals surface area contributed by atoms with Gasteiger partial charge in [0, 0.05) is 43.2 Å². The summed E-state index contributed by atoms with van der Waals surface area (Å²) in [7, 11) is 0. The Hall–Kier alpha value is -2.37. The molecular weight excluding hydrogens is 354 g/mol. The number of rotatable bonds is 8. The maximum absolute atomic E-state index is 12.7. The Bertz CT molecular complexity index is 658. The van der Waals surface area contributed by atoms with Crippen LogP contribution in [0, 0.1) is 11.8 Å². The largest absolute Gasteiger partial charge is 0.342 e. The lowest BCUT2D eigenvalue weighted by molar-refractivity contribution is -0.138. The van der Waals surface area contributed by atoms with Crippen molar-refractivity contribution in [2.45, 2.75) is 59.3 Å². The van der Waals surface area contributed by atoms with Crippen LogP contribution in [0.4, 0.5) is 11.4 Å². The highest BCUT2D eigenvalue weighted by Crippen LogP contribution is 2.31. The van der Waals surface area contributed by atoms with E-state index in [1.54, 1.807) is 24.3 Å². The van der Waals surface area contributed by atoms with E-state index in [-0.39, 0.29) is 29.6 Å². The fourth-order valence-electron chi connectivity index (χ4n) is 3.82. The summed E-state index contributed by atoms with van der Waals surface area (Å²) in [5, 5.41) is 5.66. The van der Waals surface area contributed by atoms with Crippen LogP contribution in [-0.4, -0.2) is 35.7 Å². The number of anilines is 2. The molecule has 1 saturated carbocycles. The summed E-state index contributed by atoms with van der Waals surface area (Å²) in [5.74, 6) is 0.150. The minimum absolute atomic E-state index is 0.0112. The molecule has 0 radical (unpaired) electrons. The minimum atomic E-state index is -0.125. The fourth-order valence-corrected chi connectivity index (χ4v) is 3.82. The van der Waals surface area contributed by atoms with Crippen LogP contribution < -0.4 is 10.6 Å². The van der Waals surface area contributed by atoms with E-state index in [4.69, 9.17) is 0 Å². The number of benzene rings is 1. The predicted molar refractivity (Wildman–Crippen MR) is 112 cm³/mol. The van der Waals surface area contributed by atoms with E-state index < -0.39 is 0 Å². The third-order valence-electron chi connectivity index (χ3n) is 5.22. The second kappa shape index (κ2) is 10.8. The monoisotopic (exact) mass is 387 g/mol. The summed E-state index contributed by atoms with van der Waals surface area (Å²) in [6.45, 7) is 7.30. The van der Waals surface area contributed by atoms with Crippen LogP contribution in [0.15, 0.2) is 24.3 Å². The van der Waals surface area contributed by atoms with Gasteiger partial charge in [0.2, 0.25) is 17.7 Å². The molecule has 0 aromatic heterocycles. The Morgan fingerprint density at radius 3 is 1.79 bits per heavy atom. The van der Waals surface area contributed by atoms with E-state index >= 15 is 0 Å². The van der Waals surface area contributed by atoms with Gasteiger partial charge >= 0.3 is 0 Å². The van der Waals surface area contributed by atoms with Gasteiger partial charge in [-0.3, -0.25) is 14.4 Å². The SMILES string of the molecule is CCCN(CCC)C(=O)C1CCC(C(=O)Nc2ccc(NC(C)=O)cc2)CC1. The van der Waals surface area contributed by atoms with Crippen molar-refractivity contribution in [2.75, 3.05) is 23.7 Å². The van der Waals surface area contributed by atoms with Crippen molar-refractivity contribution in [1.82, 2.24) is 4.90 Å². The van der Waals surface area contributed by atoms with Crippen molar-refractivity contribution in [2.24, 2.45) is 11.8 Å². The van der Waals surface area contributed by atoms with Crippen LogP contribution in [0.3, 0.4) is 0 Å². The molecule has 0 spiro atoms. The molecule has 0 heterocycles. The Morgan fingerprint density at radius 1 is 0.857 bits per heavy atom. The van der Waals surface area contributed by atoms with Gasteiger partial charge in [-0.25, -0.2) is 0 Å². The fraction of sp³-hybridized carbons (Fsp3) is 0.591. The van der Waals surface area contributed by atoms with E-state index in [1.165, 1.54) is 6.92 Å². The molecule has 6 heteroatoms. The first-order valence-corrected chi connectivity index (χ1v) is 10.4. The zero-order valence-electron chi connectivity index (χ0n) is 17.3. The number of amides is 3. The quantitative estimate of drug-likeness (QED) is 0.707. The highest BCUT2D eigenvalue weighted by Gasteiger charge is 2.31. The van der Waals surface area contributed by atoms with Gasteiger partial charge in [-0.2, -0.15) is 0 Å². The third kappa shape index (κ3) is 6.36. The average molecular weight is 388 g/mol. The molecule has 6 nitrogen and oxygen atoms in total. The van der Waals surface area contributed by atoms with Crippen molar-refractivity contribution in [3.05, 3.63) is 24.3 Å². The molecule has 1 aliphatic carbocycles. The van der Waals surface area contributed by atoms with Gasteiger partial charge in [0.25, 0.3) is 0 Å². The Morgan fingerprint density at radius 2 is 1.32 bits per heavy atom. The van der Waals surface area contributed by atoms with Gasteiger partial charge in [0.1, 0.15) is 0 Å². The summed E-state index contributed by atoms with van der Waals surface area (Å²) < 4.78 is 0. The first-order valence-electron chi connectivity index (χ1n) is 10.4. The predicted octanol–water partition coefficient (Wildman–Crippen LogP) is 4.04. The van der Waals surface area contributed by atoms with Crippen molar-refractivity contribution in [3.63, 3.8) is 0 Å². The van der Waals surface area contributed by atoms with Crippen LogP contribution in [0.5, 0.6) is 0 Å². The van der Waals surface area contributed by atoms with Crippen LogP contribution in [0.25, 0.3) is 0 Å². The summed E-state index contributed by atoms with van der Waals surface area (Å²) in [6.07, 6.45) is 5.01. The molecule has 1 aromatic rings. The summed E-state index contributed by atoms with van der Waals surface area (Å²) in [5.41, 5.74) is 1.42. The zero-order chi connectivity index (χ0) is 20.5. The van der Waals surface area contributed by atoms with Gasteiger partial charge in [-0.1, -0.05) is 13.8 Å². The molecule has 154 valence electrons.